The first-order chi connectivity index (χ1) is 42.6. The van der Waals surface area contributed by atoms with Crippen molar-refractivity contribution in [3.63, 3.8) is 0 Å². The molecule has 3 amide bonds. The zero-order valence-corrected chi connectivity index (χ0v) is 50.5. The molecule has 0 aliphatic rings. The van der Waals surface area contributed by atoms with Crippen molar-refractivity contribution in [2.24, 2.45) is 0 Å². The van der Waals surface area contributed by atoms with Crippen LogP contribution in [0, 0.1) is 37.1 Å². The molecule has 4 aromatic heterocycles. The van der Waals surface area contributed by atoms with Crippen molar-refractivity contribution in [3.8, 4) is 33.9 Å². The van der Waals surface area contributed by atoms with Crippen LogP contribution < -0.4 is 27.1 Å². The standard InChI is InChI=1S/C37H38F2N6O4.C30H24F2N4O3S/c1-23-14-15-25(34(47)40-19-18-24-10-7-6-8-11-24)22-27(23)31-26-16-17-30(46)45(32-28(38)12-9-13-29(32)39)33(26)43-35(42-31)41-20-21-44(5)36(48)49-37(2,3)4;1-18-11-12-20(29(38)33-16-15-19-7-4-3-5-8-19)17-22(18)26-21-13-14-25(37)36(27-23(31)9-6-10-24(27)32)28(21)35-30(34-26)40(2)39/h6-17,22H,18-21H2,1-5H3,(H,40,47)(H,41,42,43);3-14,17H,15-16H2,1-2H3,(H,33,38). The van der Waals surface area contributed by atoms with Gasteiger partial charge in [0.05, 0.1) is 22.2 Å². The summed E-state index contributed by atoms with van der Waals surface area (Å²) in [7, 11) is -0.115. The summed E-state index contributed by atoms with van der Waals surface area (Å²) in [5.41, 5.74) is 2.66. The number of halogens is 4. The number of benzene rings is 6. The van der Waals surface area contributed by atoms with Crippen LogP contribution in [0.25, 0.3) is 56.0 Å². The van der Waals surface area contributed by atoms with E-state index in [1.165, 1.54) is 47.6 Å². The minimum Gasteiger partial charge on any atom is -0.444 e. The van der Waals surface area contributed by atoms with Gasteiger partial charge >= 0.3 is 6.09 Å². The number of carbonyl (C=O) groups is 3. The Hall–Kier alpha value is -10.2. The Morgan fingerprint density at radius 1 is 0.562 bits per heavy atom. The lowest BCUT2D eigenvalue weighted by molar-refractivity contribution is 0.0305. The molecule has 1 atom stereocenters. The fourth-order valence-corrected chi connectivity index (χ4v) is 10.0. The molecule has 0 fully saturated rings. The van der Waals surface area contributed by atoms with Gasteiger partial charge in [-0.1, -0.05) is 84.9 Å². The first-order valence-electron chi connectivity index (χ1n) is 28.2. The Bertz CT molecular complexity index is 4430. The molecule has 0 saturated heterocycles. The van der Waals surface area contributed by atoms with Crippen molar-refractivity contribution < 1.29 is 40.9 Å². The maximum Gasteiger partial charge on any atom is 0.410 e. The van der Waals surface area contributed by atoms with Crippen LogP contribution >= 0.6 is 0 Å². The van der Waals surface area contributed by atoms with Gasteiger partial charge in [0.1, 0.15) is 40.2 Å². The molecule has 0 spiro atoms. The molecule has 456 valence electrons. The molecular weight excluding hydrogens is 1160 g/mol. The number of ether oxygens (including phenoxy) is 1. The molecule has 0 saturated carbocycles. The van der Waals surface area contributed by atoms with E-state index in [0.717, 1.165) is 55.7 Å². The van der Waals surface area contributed by atoms with Crippen molar-refractivity contribution in [1.82, 2.24) is 44.6 Å². The van der Waals surface area contributed by atoms with E-state index in [2.05, 4.69) is 30.9 Å². The van der Waals surface area contributed by atoms with Crippen LogP contribution in [0.4, 0.5) is 28.3 Å². The number of nitrogens with one attached hydrogen (secondary N) is 3. The highest BCUT2D eigenvalue weighted by Crippen LogP contribution is 2.34. The topological polar surface area (TPSA) is 212 Å². The Kier molecular flexibility index (Phi) is 19.7. The number of carbonyl (C=O) groups excluding carboxylic acids is 3. The minimum atomic E-state index is -1.70. The molecule has 4 heterocycles. The first-order valence-corrected chi connectivity index (χ1v) is 29.8. The highest BCUT2D eigenvalue weighted by molar-refractivity contribution is 7.84. The zero-order chi connectivity index (χ0) is 63.7. The quantitative estimate of drug-likeness (QED) is 0.0574. The van der Waals surface area contributed by atoms with Gasteiger partial charge in [0.25, 0.3) is 22.9 Å². The van der Waals surface area contributed by atoms with Gasteiger partial charge in [-0.3, -0.25) is 32.5 Å². The predicted octanol–water partition coefficient (Wildman–Crippen LogP) is 11.0. The summed E-state index contributed by atoms with van der Waals surface area (Å²) in [5.74, 6) is -4.36. The first kappa shape index (κ1) is 63.3. The number of hydrogen-bond acceptors (Lipinski definition) is 12. The smallest absolute Gasteiger partial charge is 0.410 e. The fourth-order valence-electron chi connectivity index (χ4n) is 9.60. The monoisotopic (exact) mass is 1230 g/mol. The number of amides is 3. The van der Waals surface area contributed by atoms with E-state index >= 15 is 8.78 Å². The number of rotatable bonds is 17. The summed E-state index contributed by atoms with van der Waals surface area (Å²) >= 11 is 0. The van der Waals surface area contributed by atoms with Crippen LogP contribution in [0.2, 0.25) is 0 Å². The lowest BCUT2D eigenvalue weighted by Crippen LogP contribution is -2.36. The molecule has 17 nitrogen and oxygen atoms in total. The molecule has 0 aliphatic heterocycles. The molecule has 10 rings (SSSR count). The van der Waals surface area contributed by atoms with Crippen molar-refractivity contribution >= 4 is 56.7 Å². The molecule has 0 radical (unpaired) electrons. The Morgan fingerprint density at radius 3 is 1.44 bits per heavy atom. The summed E-state index contributed by atoms with van der Waals surface area (Å²) in [6.45, 7) is 10.2. The molecule has 10 aromatic rings. The third kappa shape index (κ3) is 15.0. The average molecular weight is 1230 g/mol. The van der Waals surface area contributed by atoms with Crippen molar-refractivity contribution in [2.45, 2.75) is 58.2 Å². The van der Waals surface area contributed by atoms with Crippen molar-refractivity contribution in [1.29, 1.82) is 0 Å². The third-order valence-electron chi connectivity index (χ3n) is 14.1. The number of likely N-dealkylation sites (N-methyl/N-ethyl adjacent to an activating group) is 1. The lowest BCUT2D eigenvalue weighted by atomic mass is 9.99. The number of nitrogens with zero attached hydrogens (tertiary/aromatic N) is 7. The van der Waals surface area contributed by atoms with Crippen molar-refractivity contribution in [3.05, 3.63) is 235 Å². The van der Waals surface area contributed by atoms with Gasteiger partial charge < -0.3 is 25.6 Å². The van der Waals surface area contributed by atoms with Crippen LogP contribution in [0.1, 0.15) is 63.7 Å². The second-order valence-electron chi connectivity index (χ2n) is 21.7. The van der Waals surface area contributed by atoms with Gasteiger partial charge in [-0.15, -0.1) is 0 Å². The molecule has 22 heteroatoms. The molecule has 1 unspecified atom stereocenters. The maximum absolute atomic E-state index is 15.1. The van der Waals surface area contributed by atoms with E-state index in [-0.39, 0.29) is 53.0 Å². The summed E-state index contributed by atoms with van der Waals surface area (Å²) in [4.78, 5) is 84.3. The number of hydrogen-bond donors (Lipinski definition) is 3. The lowest BCUT2D eigenvalue weighted by Gasteiger charge is -2.24. The Balaban J connectivity index is 0.000000216. The van der Waals surface area contributed by atoms with Crippen LogP contribution in [0.15, 0.2) is 172 Å². The van der Waals surface area contributed by atoms with Crippen molar-refractivity contribution in [2.75, 3.05) is 44.8 Å². The van der Waals surface area contributed by atoms with Gasteiger partial charge in [-0.05, 0) is 130 Å². The molecule has 89 heavy (non-hydrogen) atoms. The van der Waals surface area contributed by atoms with Crippen LogP contribution in [-0.4, -0.2) is 101 Å². The van der Waals surface area contributed by atoms with E-state index in [0.29, 0.717) is 64.7 Å². The van der Waals surface area contributed by atoms with Crippen LogP contribution in [-0.2, 0) is 28.4 Å². The molecular formula is C67H62F4N10O7S. The number of fused-ring (bicyclic) bond motifs is 2. The van der Waals surface area contributed by atoms with E-state index in [9.17, 15) is 37.0 Å². The summed E-state index contributed by atoms with van der Waals surface area (Å²) in [5, 5.41) is 9.42. The maximum atomic E-state index is 15.1. The Morgan fingerprint density at radius 2 is 1.00 bits per heavy atom. The van der Waals surface area contributed by atoms with E-state index in [4.69, 9.17) is 9.72 Å². The SMILES string of the molecule is Cc1ccc(C(=O)NCCc2ccccc2)cc1-c1nc(NCCN(C)C(=O)OC(C)(C)C)nc2c1ccc(=O)n2-c1c(F)cccc1F.Cc1ccc(C(=O)NCCc2ccccc2)cc1-c1nc(S(C)=O)nc2c1ccc(=O)n2-c1c(F)cccc1F. The van der Waals surface area contributed by atoms with E-state index < -0.39 is 68.3 Å². The molecule has 6 aromatic carbocycles. The normalized spacial score (nSPS) is 11.6. The Labute approximate surface area is 512 Å². The number of para-hydroxylation sites is 2. The van der Waals surface area contributed by atoms with Crippen LogP contribution in [0.5, 0.6) is 0 Å². The number of aromatic nitrogens is 6. The largest absolute Gasteiger partial charge is 0.444 e. The molecule has 0 bridgehead atoms. The average Bonchev–Trinajstić information content (AvgIpc) is 0.973. The third-order valence-corrected chi connectivity index (χ3v) is 14.8. The summed E-state index contributed by atoms with van der Waals surface area (Å²) < 4.78 is 79.4. The highest BCUT2D eigenvalue weighted by Gasteiger charge is 2.25. The van der Waals surface area contributed by atoms with Gasteiger partial charge in [-0.25, -0.2) is 37.3 Å². The molecule has 0 aliphatic carbocycles. The second kappa shape index (κ2) is 27.6. The van der Waals surface area contributed by atoms with Gasteiger partial charge in [0, 0.05) is 84.6 Å². The highest BCUT2D eigenvalue weighted by atomic mass is 32.2. The number of anilines is 1. The van der Waals surface area contributed by atoms with Gasteiger partial charge in [0.2, 0.25) is 11.1 Å². The van der Waals surface area contributed by atoms with E-state index in [1.54, 1.807) is 64.2 Å². The van der Waals surface area contributed by atoms with E-state index in [1.807, 2.05) is 74.5 Å². The summed E-state index contributed by atoms with van der Waals surface area (Å²) in [6, 6.07) is 41.7. The van der Waals surface area contributed by atoms with Gasteiger partial charge in [0.15, 0.2) is 11.3 Å². The van der Waals surface area contributed by atoms with Gasteiger partial charge in [-0.2, -0.15) is 4.98 Å². The van der Waals surface area contributed by atoms with Crippen LogP contribution in [0.3, 0.4) is 0 Å². The fraction of sp³-hybridized carbons (Fsp3) is 0.209. The predicted molar refractivity (Wildman–Crippen MR) is 335 cm³/mol. The number of aryl methyl sites for hydroxylation is 2. The zero-order valence-electron chi connectivity index (χ0n) is 49.7. The minimum absolute atomic E-state index is 0.0355. The summed E-state index contributed by atoms with van der Waals surface area (Å²) in [6.07, 6.45) is 2.17. The molecule has 3 N–H and O–H groups in total. The second-order valence-corrected chi connectivity index (χ2v) is 23.0. The number of pyridine rings is 2.